The fraction of sp³-hybridized carbons (Fsp3) is 0.556. The molecule has 2 atom stereocenters. The van der Waals surface area contributed by atoms with Crippen molar-refractivity contribution in [3.63, 3.8) is 0 Å². The van der Waals surface area contributed by atoms with Gasteiger partial charge in [0.05, 0.1) is 12.3 Å². The minimum atomic E-state index is -0.348. The molecule has 5 heteroatoms. The summed E-state index contributed by atoms with van der Waals surface area (Å²) in [4.78, 5) is 18.3. The Bertz CT molecular complexity index is 751. The van der Waals surface area contributed by atoms with Crippen LogP contribution in [0, 0.1) is 5.92 Å². The van der Waals surface area contributed by atoms with Crippen molar-refractivity contribution < 1.29 is 9.53 Å². The third-order valence-electron chi connectivity index (χ3n) is 4.84. The van der Waals surface area contributed by atoms with Gasteiger partial charge >= 0.3 is 5.97 Å². The van der Waals surface area contributed by atoms with Crippen LogP contribution in [0.4, 0.5) is 5.69 Å². The third-order valence-corrected chi connectivity index (χ3v) is 5.94. The largest absolute Gasteiger partial charge is 0.462 e. The molecule has 2 aromatic heterocycles. The number of anilines is 1. The first kappa shape index (κ1) is 16.2. The van der Waals surface area contributed by atoms with E-state index in [4.69, 9.17) is 15.5 Å². The quantitative estimate of drug-likeness (QED) is 0.828. The summed E-state index contributed by atoms with van der Waals surface area (Å²) in [5, 5.41) is 0.896. The van der Waals surface area contributed by atoms with Crippen LogP contribution in [0.2, 0.25) is 0 Å². The number of fused-ring (bicyclic) bond motifs is 2. The van der Waals surface area contributed by atoms with Crippen LogP contribution >= 0.6 is 11.3 Å². The molecule has 0 saturated carbocycles. The summed E-state index contributed by atoms with van der Waals surface area (Å²) in [5.74, 6) is 1.19. The van der Waals surface area contributed by atoms with E-state index < -0.39 is 0 Å². The van der Waals surface area contributed by atoms with Gasteiger partial charge in [-0.1, -0.05) is 20.8 Å². The zero-order valence-electron chi connectivity index (χ0n) is 14.2. The molecule has 23 heavy (non-hydrogen) atoms. The van der Waals surface area contributed by atoms with Crippen LogP contribution < -0.4 is 5.73 Å². The lowest BCUT2D eigenvalue weighted by atomic mass is 9.75. The predicted octanol–water partition coefficient (Wildman–Crippen LogP) is 4.69. The zero-order valence-corrected chi connectivity index (χ0v) is 15.0. The maximum Gasteiger partial charge on any atom is 0.350 e. The van der Waals surface area contributed by atoms with Crippen molar-refractivity contribution >= 4 is 33.2 Å². The van der Waals surface area contributed by atoms with E-state index in [1.54, 1.807) is 6.92 Å². The second-order valence-corrected chi connectivity index (χ2v) is 7.71. The molecule has 0 spiro atoms. The molecule has 0 aliphatic heterocycles. The molecular formula is C18H24N2O2S. The van der Waals surface area contributed by atoms with Gasteiger partial charge < -0.3 is 10.5 Å². The second-order valence-electron chi connectivity index (χ2n) is 6.71. The van der Waals surface area contributed by atoms with Gasteiger partial charge in [0.1, 0.15) is 9.71 Å². The van der Waals surface area contributed by atoms with Crippen LogP contribution in [-0.4, -0.2) is 17.6 Å². The molecule has 0 amide bonds. The van der Waals surface area contributed by atoms with E-state index in [-0.39, 0.29) is 5.97 Å². The molecule has 1 aliphatic rings. The number of pyridine rings is 1. The van der Waals surface area contributed by atoms with E-state index in [9.17, 15) is 4.79 Å². The van der Waals surface area contributed by atoms with Gasteiger partial charge in [-0.2, -0.15) is 0 Å². The van der Waals surface area contributed by atoms with E-state index in [2.05, 4.69) is 26.8 Å². The van der Waals surface area contributed by atoms with E-state index in [0.717, 1.165) is 10.2 Å². The van der Waals surface area contributed by atoms with Gasteiger partial charge in [0, 0.05) is 17.0 Å². The molecule has 124 valence electrons. The predicted molar refractivity (Wildman–Crippen MR) is 95.2 cm³/mol. The van der Waals surface area contributed by atoms with Crippen molar-refractivity contribution in [1.82, 2.24) is 4.98 Å². The minimum Gasteiger partial charge on any atom is -0.462 e. The molecular weight excluding hydrogens is 308 g/mol. The van der Waals surface area contributed by atoms with Crippen LogP contribution in [0.5, 0.6) is 0 Å². The number of esters is 1. The maximum atomic E-state index is 12.1. The first-order valence-corrected chi connectivity index (χ1v) is 9.15. The molecule has 2 N–H and O–H groups in total. The van der Waals surface area contributed by atoms with Gasteiger partial charge in [-0.05, 0) is 43.2 Å². The Morgan fingerprint density at radius 2 is 2.22 bits per heavy atom. The first-order valence-electron chi connectivity index (χ1n) is 8.33. The van der Waals surface area contributed by atoms with Crippen molar-refractivity contribution in [2.24, 2.45) is 5.92 Å². The standard InChI is InChI=1S/C18H24N2O2S/c1-5-22-18(21)16-14(19)13-8-12-10(4)6-7-11(9(2)3)15(12)20-17(13)23-16/h8-11H,5-7,19H2,1-4H3/t10-,11-/m1/s1. The molecule has 1 aliphatic carbocycles. The van der Waals surface area contributed by atoms with Gasteiger partial charge in [-0.3, -0.25) is 0 Å². The van der Waals surface area contributed by atoms with E-state index in [0.29, 0.717) is 34.9 Å². The Morgan fingerprint density at radius 3 is 2.87 bits per heavy atom. The summed E-state index contributed by atoms with van der Waals surface area (Å²) >= 11 is 1.35. The van der Waals surface area contributed by atoms with Crippen LogP contribution in [0.15, 0.2) is 6.07 Å². The van der Waals surface area contributed by atoms with Crippen molar-refractivity contribution in [1.29, 1.82) is 0 Å². The fourth-order valence-electron chi connectivity index (χ4n) is 3.48. The molecule has 0 unspecified atom stereocenters. The van der Waals surface area contributed by atoms with Crippen molar-refractivity contribution in [3.05, 3.63) is 22.2 Å². The Hall–Kier alpha value is -1.62. The summed E-state index contributed by atoms with van der Waals surface area (Å²) in [7, 11) is 0. The molecule has 2 heterocycles. The number of nitrogens with zero attached hydrogens (tertiary/aromatic N) is 1. The highest BCUT2D eigenvalue weighted by atomic mass is 32.1. The highest BCUT2D eigenvalue weighted by Gasteiger charge is 2.30. The smallest absolute Gasteiger partial charge is 0.350 e. The van der Waals surface area contributed by atoms with Gasteiger partial charge in [0.25, 0.3) is 0 Å². The van der Waals surface area contributed by atoms with E-state index in [1.165, 1.54) is 35.4 Å². The second kappa shape index (κ2) is 6.11. The van der Waals surface area contributed by atoms with Crippen LogP contribution in [0.25, 0.3) is 10.2 Å². The lowest BCUT2D eigenvalue weighted by molar-refractivity contribution is 0.0533. The number of ether oxygens (including phenoxy) is 1. The van der Waals surface area contributed by atoms with Gasteiger partial charge in [-0.25, -0.2) is 9.78 Å². The fourth-order valence-corrected chi connectivity index (χ4v) is 4.46. The molecule has 2 aromatic rings. The van der Waals surface area contributed by atoms with Crippen LogP contribution in [0.1, 0.15) is 73.3 Å². The molecule has 0 bridgehead atoms. The van der Waals surface area contributed by atoms with Gasteiger partial charge in [0.2, 0.25) is 0 Å². The summed E-state index contributed by atoms with van der Waals surface area (Å²) in [5.41, 5.74) is 9.22. The molecule has 0 saturated heterocycles. The number of carbonyl (C=O) groups is 1. The topological polar surface area (TPSA) is 65.2 Å². The summed E-state index contributed by atoms with van der Waals surface area (Å²) in [6.07, 6.45) is 2.35. The maximum absolute atomic E-state index is 12.1. The molecule has 4 nitrogen and oxygen atoms in total. The number of hydrogen-bond donors (Lipinski definition) is 1. The third kappa shape index (κ3) is 2.71. The minimum absolute atomic E-state index is 0.348. The average Bonchev–Trinajstić information content (AvgIpc) is 2.83. The lowest BCUT2D eigenvalue weighted by Gasteiger charge is -2.31. The van der Waals surface area contributed by atoms with Crippen molar-refractivity contribution in [2.75, 3.05) is 12.3 Å². The average molecular weight is 332 g/mol. The number of rotatable bonds is 3. The Morgan fingerprint density at radius 1 is 1.48 bits per heavy atom. The molecule has 0 radical (unpaired) electrons. The first-order chi connectivity index (χ1) is 10.9. The zero-order chi connectivity index (χ0) is 16.7. The highest BCUT2D eigenvalue weighted by Crippen LogP contribution is 2.44. The summed E-state index contributed by atoms with van der Waals surface area (Å²) in [6.45, 7) is 8.90. The van der Waals surface area contributed by atoms with Gasteiger partial charge in [-0.15, -0.1) is 11.3 Å². The molecule has 3 rings (SSSR count). The monoisotopic (exact) mass is 332 g/mol. The van der Waals surface area contributed by atoms with Crippen molar-refractivity contribution in [2.45, 2.75) is 52.4 Å². The Kier molecular flexibility index (Phi) is 4.32. The van der Waals surface area contributed by atoms with E-state index in [1.807, 2.05) is 0 Å². The van der Waals surface area contributed by atoms with Gasteiger partial charge in [0.15, 0.2) is 0 Å². The molecule has 0 fully saturated rings. The number of thiophene rings is 1. The van der Waals surface area contributed by atoms with E-state index >= 15 is 0 Å². The normalized spacial score (nSPS) is 20.7. The summed E-state index contributed by atoms with van der Waals surface area (Å²) in [6, 6.07) is 2.16. The summed E-state index contributed by atoms with van der Waals surface area (Å²) < 4.78 is 5.11. The Balaban J connectivity index is 2.16. The van der Waals surface area contributed by atoms with Crippen molar-refractivity contribution in [3.8, 4) is 0 Å². The van der Waals surface area contributed by atoms with Crippen LogP contribution in [0.3, 0.4) is 0 Å². The highest BCUT2D eigenvalue weighted by molar-refractivity contribution is 7.21. The Labute approximate surface area is 141 Å². The number of nitrogens with two attached hydrogens (primary N) is 1. The van der Waals surface area contributed by atoms with Crippen LogP contribution in [-0.2, 0) is 4.74 Å². The number of carbonyl (C=O) groups excluding carboxylic acids is 1. The number of nitrogen functional groups attached to an aromatic ring is 1. The SMILES string of the molecule is CCOC(=O)c1sc2nc3c(cc2c1N)[C@H](C)CC[C@@H]3C(C)C. The number of hydrogen-bond acceptors (Lipinski definition) is 5. The number of aromatic nitrogens is 1. The molecule has 0 aromatic carbocycles. The lowest BCUT2D eigenvalue weighted by Crippen LogP contribution is -2.18.